The Morgan fingerprint density at radius 3 is 2.80 bits per heavy atom. The van der Waals surface area contributed by atoms with Crippen molar-refractivity contribution in [2.24, 2.45) is 5.73 Å². The Morgan fingerprint density at radius 2 is 2.27 bits per heavy atom. The third-order valence-electron chi connectivity index (χ3n) is 1.70. The molecule has 84 valence electrons. The lowest BCUT2D eigenvalue weighted by atomic mass is 10.4. The number of aromatic nitrogens is 1. The van der Waals surface area contributed by atoms with Gasteiger partial charge in [-0.3, -0.25) is 4.98 Å². The van der Waals surface area contributed by atoms with Crippen LogP contribution in [0.5, 0.6) is 0 Å². The Morgan fingerprint density at radius 1 is 1.60 bits per heavy atom. The maximum Gasteiger partial charge on any atom is 0.242 e. The van der Waals surface area contributed by atoms with Crippen LogP contribution in [-0.2, 0) is 10.0 Å². The van der Waals surface area contributed by atoms with Gasteiger partial charge in [-0.1, -0.05) is 0 Å². The summed E-state index contributed by atoms with van der Waals surface area (Å²) in [5.74, 6) is 0. The van der Waals surface area contributed by atoms with Crippen LogP contribution >= 0.6 is 15.9 Å². The Balaban J connectivity index is 2.96. The standard InChI is InChI=1S/C8H12BrN3O2S/c1-6(3-10)12-15(13,14)8-2-7(9)4-11-5-8/h2,4-6,12H,3,10H2,1H3/t6-/m0/s1. The molecule has 1 aromatic heterocycles. The van der Waals surface area contributed by atoms with E-state index < -0.39 is 10.0 Å². The van der Waals surface area contributed by atoms with E-state index in [0.29, 0.717) is 4.47 Å². The molecule has 0 bridgehead atoms. The van der Waals surface area contributed by atoms with Gasteiger partial charge in [0.2, 0.25) is 10.0 Å². The predicted octanol–water partition coefficient (Wildman–Crippen LogP) is 0.470. The fourth-order valence-electron chi connectivity index (χ4n) is 0.920. The Labute approximate surface area is 97.3 Å². The van der Waals surface area contributed by atoms with Crippen LogP contribution in [0.2, 0.25) is 0 Å². The molecule has 0 saturated heterocycles. The van der Waals surface area contributed by atoms with E-state index in [9.17, 15) is 8.42 Å². The zero-order valence-electron chi connectivity index (χ0n) is 8.14. The summed E-state index contributed by atoms with van der Waals surface area (Å²) in [6.07, 6.45) is 2.81. The summed E-state index contributed by atoms with van der Waals surface area (Å²) in [6, 6.07) is 1.19. The maximum atomic E-state index is 11.7. The third kappa shape index (κ3) is 3.53. The summed E-state index contributed by atoms with van der Waals surface area (Å²) in [5.41, 5.74) is 5.34. The van der Waals surface area contributed by atoms with Crippen LogP contribution in [-0.4, -0.2) is 26.0 Å². The van der Waals surface area contributed by atoms with Gasteiger partial charge in [0.25, 0.3) is 0 Å². The first-order valence-electron chi connectivity index (χ1n) is 4.28. The molecule has 0 aliphatic rings. The summed E-state index contributed by atoms with van der Waals surface area (Å²) in [7, 11) is -3.52. The second kappa shape index (κ2) is 5.02. The second-order valence-electron chi connectivity index (χ2n) is 3.10. The van der Waals surface area contributed by atoms with Crippen LogP contribution in [0.3, 0.4) is 0 Å². The summed E-state index contributed by atoms with van der Waals surface area (Å²) in [5, 5.41) is 0. The molecule has 0 unspecified atom stereocenters. The lowest BCUT2D eigenvalue weighted by molar-refractivity contribution is 0.562. The summed E-state index contributed by atoms with van der Waals surface area (Å²) in [4.78, 5) is 3.91. The predicted molar refractivity (Wildman–Crippen MR) is 60.8 cm³/mol. The highest BCUT2D eigenvalue weighted by atomic mass is 79.9. The summed E-state index contributed by atoms with van der Waals surface area (Å²) in [6.45, 7) is 1.95. The minimum absolute atomic E-state index is 0.122. The molecule has 3 N–H and O–H groups in total. The molecule has 0 fully saturated rings. The van der Waals surface area contributed by atoms with E-state index in [1.807, 2.05) is 0 Å². The number of hydrogen-bond donors (Lipinski definition) is 2. The molecule has 0 spiro atoms. The van der Waals surface area contributed by atoms with Crippen LogP contribution < -0.4 is 10.5 Å². The van der Waals surface area contributed by atoms with Crippen molar-refractivity contribution in [1.82, 2.24) is 9.71 Å². The molecular formula is C8H12BrN3O2S. The molecule has 1 aromatic rings. The van der Waals surface area contributed by atoms with Crippen molar-refractivity contribution in [3.8, 4) is 0 Å². The molecule has 0 aliphatic heterocycles. The molecule has 15 heavy (non-hydrogen) atoms. The highest BCUT2D eigenvalue weighted by molar-refractivity contribution is 9.10. The van der Waals surface area contributed by atoms with E-state index in [1.165, 1.54) is 18.5 Å². The normalized spacial score (nSPS) is 13.8. The largest absolute Gasteiger partial charge is 0.329 e. The SMILES string of the molecule is C[C@@H](CN)NS(=O)(=O)c1cncc(Br)c1. The van der Waals surface area contributed by atoms with Crippen LogP contribution in [0, 0.1) is 0 Å². The fraction of sp³-hybridized carbons (Fsp3) is 0.375. The third-order valence-corrected chi connectivity index (χ3v) is 3.69. The second-order valence-corrected chi connectivity index (χ2v) is 5.73. The first kappa shape index (κ1) is 12.6. The van der Waals surface area contributed by atoms with Crippen molar-refractivity contribution in [2.45, 2.75) is 17.9 Å². The smallest absolute Gasteiger partial charge is 0.242 e. The lowest BCUT2D eigenvalue weighted by Gasteiger charge is -2.11. The Bertz CT molecular complexity index is 435. The number of halogens is 1. The van der Waals surface area contributed by atoms with Crippen molar-refractivity contribution in [3.05, 3.63) is 22.9 Å². The zero-order valence-corrected chi connectivity index (χ0v) is 10.5. The Kier molecular flexibility index (Phi) is 4.21. The van der Waals surface area contributed by atoms with Gasteiger partial charge in [-0.05, 0) is 28.9 Å². The minimum Gasteiger partial charge on any atom is -0.329 e. The van der Waals surface area contributed by atoms with Crippen molar-refractivity contribution in [2.75, 3.05) is 6.54 Å². The zero-order chi connectivity index (χ0) is 11.5. The van der Waals surface area contributed by atoms with Gasteiger partial charge >= 0.3 is 0 Å². The van der Waals surface area contributed by atoms with Crippen LogP contribution in [0.15, 0.2) is 27.8 Å². The fourth-order valence-corrected chi connectivity index (χ4v) is 2.68. The molecule has 7 heteroatoms. The molecule has 0 amide bonds. The van der Waals surface area contributed by atoms with Gasteiger partial charge in [-0.25, -0.2) is 13.1 Å². The van der Waals surface area contributed by atoms with E-state index in [-0.39, 0.29) is 17.5 Å². The number of nitrogens with zero attached hydrogens (tertiary/aromatic N) is 1. The lowest BCUT2D eigenvalue weighted by Crippen LogP contribution is -2.37. The van der Waals surface area contributed by atoms with Gasteiger partial charge in [-0.15, -0.1) is 0 Å². The van der Waals surface area contributed by atoms with E-state index in [0.717, 1.165) is 0 Å². The van der Waals surface area contributed by atoms with Gasteiger partial charge in [0.1, 0.15) is 4.90 Å². The molecule has 5 nitrogen and oxygen atoms in total. The van der Waals surface area contributed by atoms with E-state index >= 15 is 0 Å². The number of rotatable bonds is 4. The van der Waals surface area contributed by atoms with Crippen molar-refractivity contribution in [1.29, 1.82) is 0 Å². The first-order chi connectivity index (χ1) is 6.95. The van der Waals surface area contributed by atoms with Gasteiger partial charge in [0, 0.05) is 29.5 Å². The molecule has 0 radical (unpaired) electrons. The quantitative estimate of drug-likeness (QED) is 0.845. The number of sulfonamides is 1. The van der Waals surface area contributed by atoms with Crippen molar-refractivity contribution in [3.63, 3.8) is 0 Å². The average Bonchev–Trinajstić information content (AvgIpc) is 2.17. The molecular weight excluding hydrogens is 282 g/mol. The molecule has 0 saturated carbocycles. The first-order valence-corrected chi connectivity index (χ1v) is 6.56. The maximum absolute atomic E-state index is 11.7. The van der Waals surface area contributed by atoms with E-state index in [4.69, 9.17) is 5.73 Å². The number of nitrogens with one attached hydrogen (secondary N) is 1. The van der Waals surface area contributed by atoms with Crippen molar-refractivity contribution >= 4 is 26.0 Å². The molecule has 1 heterocycles. The van der Waals surface area contributed by atoms with Crippen LogP contribution in [0.1, 0.15) is 6.92 Å². The van der Waals surface area contributed by atoms with E-state index in [1.54, 1.807) is 6.92 Å². The minimum atomic E-state index is -3.52. The van der Waals surface area contributed by atoms with Gasteiger partial charge in [-0.2, -0.15) is 0 Å². The monoisotopic (exact) mass is 293 g/mol. The summed E-state index contributed by atoms with van der Waals surface area (Å²) < 4.78 is 26.5. The highest BCUT2D eigenvalue weighted by Crippen LogP contribution is 2.14. The molecule has 0 aliphatic carbocycles. The van der Waals surface area contributed by atoms with Gasteiger partial charge in [0.05, 0.1) is 0 Å². The van der Waals surface area contributed by atoms with Gasteiger partial charge < -0.3 is 5.73 Å². The van der Waals surface area contributed by atoms with E-state index in [2.05, 4.69) is 25.6 Å². The summed E-state index contributed by atoms with van der Waals surface area (Å²) >= 11 is 3.16. The highest BCUT2D eigenvalue weighted by Gasteiger charge is 2.16. The molecule has 0 aromatic carbocycles. The van der Waals surface area contributed by atoms with Crippen LogP contribution in [0.4, 0.5) is 0 Å². The topological polar surface area (TPSA) is 85.1 Å². The Hall–Kier alpha value is -0.500. The number of hydrogen-bond acceptors (Lipinski definition) is 4. The van der Waals surface area contributed by atoms with Crippen LogP contribution in [0.25, 0.3) is 0 Å². The number of pyridine rings is 1. The number of nitrogens with two attached hydrogens (primary N) is 1. The average molecular weight is 294 g/mol. The molecule has 1 atom stereocenters. The van der Waals surface area contributed by atoms with Crippen molar-refractivity contribution < 1.29 is 8.42 Å². The molecule has 1 rings (SSSR count). The van der Waals surface area contributed by atoms with Gasteiger partial charge in [0.15, 0.2) is 0 Å².